The van der Waals surface area contributed by atoms with Crippen LogP contribution in [0.3, 0.4) is 0 Å². The van der Waals surface area contributed by atoms with Crippen molar-refractivity contribution >= 4 is 10.1 Å². The maximum absolute atomic E-state index is 11.4. The number of likely N-dealkylation sites (tertiary alicyclic amines) is 2. The zero-order valence-electron chi connectivity index (χ0n) is 18.4. The molecule has 4 rings (SSSR count). The molecule has 2 aliphatic heterocycles. The molecule has 31 heavy (non-hydrogen) atoms. The summed E-state index contributed by atoms with van der Waals surface area (Å²) in [5, 5.41) is 0. The molecule has 5 nitrogen and oxygen atoms in total. The minimum atomic E-state index is -3.38. The summed E-state index contributed by atoms with van der Waals surface area (Å²) in [7, 11) is -3.38. The van der Waals surface area contributed by atoms with Crippen LogP contribution in [-0.2, 0) is 33.8 Å². The van der Waals surface area contributed by atoms with Crippen molar-refractivity contribution in [1.82, 2.24) is 9.80 Å². The smallest absolute Gasteiger partial charge is 0.264 e. The molecule has 0 aromatic heterocycles. The molecule has 1 unspecified atom stereocenters. The third-order valence-electron chi connectivity index (χ3n) is 6.42. The molecule has 2 fully saturated rings. The van der Waals surface area contributed by atoms with Gasteiger partial charge in [-0.1, -0.05) is 54.6 Å². The van der Waals surface area contributed by atoms with E-state index in [4.69, 9.17) is 4.18 Å². The first-order valence-electron chi connectivity index (χ1n) is 11.4. The van der Waals surface area contributed by atoms with E-state index < -0.39 is 10.1 Å². The highest BCUT2D eigenvalue weighted by atomic mass is 32.2. The van der Waals surface area contributed by atoms with Gasteiger partial charge in [0.2, 0.25) is 0 Å². The maximum Gasteiger partial charge on any atom is 0.264 e. The molecule has 0 aliphatic carbocycles. The predicted octanol–water partition coefficient (Wildman–Crippen LogP) is 3.69. The third kappa shape index (κ3) is 7.14. The molecule has 0 radical (unpaired) electrons. The molecule has 2 aliphatic rings. The zero-order chi connectivity index (χ0) is 21.7. The molecule has 0 amide bonds. The van der Waals surface area contributed by atoms with Crippen molar-refractivity contribution in [2.24, 2.45) is 5.92 Å². The first-order valence-corrected chi connectivity index (χ1v) is 13.2. The van der Waals surface area contributed by atoms with Crippen molar-refractivity contribution in [1.29, 1.82) is 0 Å². The van der Waals surface area contributed by atoms with Gasteiger partial charge in [0, 0.05) is 26.2 Å². The molecule has 2 heterocycles. The second kappa shape index (κ2) is 10.3. The Bertz CT molecular complexity index is 940. The molecule has 0 saturated carbocycles. The number of piperidine rings is 1. The summed E-state index contributed by atoms with van der Waals surface area (Å²) in [5.74, 6) is 0.794. The molecule has 2 aromatic carbocycles. The van der Waals surface area contributed by atoms with Crippen LogP contribution < -0.4 is 0 Å². The topological polar surface area (TPSA) is 49.9 Å². The van der Waals surface area contributed by atoms with Crippen LogP contribution in [0.25, 0.3) is 0 Å². The quantitative estimate of drug-likeness (QED) is 0.584. The lowest BCUT2D eigenvalue weighted by Crippen LogP contribution is -2.33. The van der Waals surface area contributed by atoms with Crippen molar-refractivity contribution < 1.29 is 12.6 Å². The van der Waals surface area contributed by atoms with Crippen molar-refractivity contribution in [3.8, 4) is 0 Å². The Morgan fingerprint density at radius 1 is 0.839 bits per heavy atom. The fraction of sp³-hybridized carbons (Fsp3) is 0.520. The van der Waals surface area contributed by atoms with Gasteiger partial charge in [0.05, 0.1) is 12.4 Å². The summed E-state index contributed by atoms with van der Waals surface area (Å²) in [4.78, 5) is 4.86. The van der Waals surface area contributed by atoms with E-state index in [0.29, 0.717) is 6.54 Å². The Morgan fingerprint density at radius 2 is 1.45 bits per heavy atom. The highest BCUT2D eigenvalue weighted by molar-refractivity contribution is 7.86. The van der Waals surface area contributed by atoms with Gasteiger partial charge in [-0.05, 0) is 61.4 Å². The highest BCUT2D eigenvalue weighted by Crippen LogP contribution is 2.23. The van der Waals surface area contributed by atoms with Gasteiger partial charge in [0.25, 0.3) is 10.1 Å². The molecule has 168 valence electrons. The molecule has 1 atom stereocenters. The fourth-order valence-electron chi connectivity index (χ4n) is 4.91. The second-order valence-electron chi connectivity index (χ2n) is 9.18. The third-order valence-corrected chi connectivity index (χ3v) is 7.04. The SMILES string of the molecule is CS(=O)(=O)OC1CCN(Cc2cccc(CN3CCC(Cc4ccccc4)CC3)c2)C1. The average molecular weight is 443 g/mol. The van der Waals surface area contributed by atoms with E-state index in [2.05, 4.69) is 64.4 Å². The van der Waals surface area contributed by atoms with Crippen LogP contribution in [0, 0.1) is 5.92 Å². The van der Waals surface area contributed by atoms with Gasteiger partial charge in [-0.3, -0.25) is 14.0 Å². The van der Waals surface area contributed by atoms with Crippen molar-refractivity contribution in [3.05, 3.63) is 71.3 Å². The Hall–Kier alpha value is -1.73. The first-order chi connectivity index (χ1) is 14.9. The Labute approximate surface area is 187 Å². The molecular weight excluding hydrogens is 408 g/mol. The lowest BCUT2D eigenvalue weighted by Gasteiger charge is -2.32. The monoisotopic (exact) mass is 442 g/mol. The largest absolute Gasteiger partial charge is 0.299 e. The molecule has 0 N–H and O–H groups in total. The molecule has 0 bridgehead atoms. The second-order valence-corrected chi connectivity index (χ2v) is 10.8. The van der Waals surface area contributed by atoms with Crippen LogP contribution in [0.2, 0.25) is 0 Å². The summed E-state index contributed by atoms with van der Waals surface area (Å²) in [5.41, 5.74) is 4.11. The van der Waals surface area contributed by atoms with Gasteiger partial charge >= 0.3 is 0 Å². The molecule has 6 heteroatoms. The minimum Gasteiger partial charge on any atom is -0.299 e. The van der Waals surface area contributed by atoms with Gasteiger partial charge in [-0.25, -0.2) is 0 Å². The van der Waals surface area contributed by atoms with Crippen LogP contribution >= 0.6 is 0 Å². The summed E-state index contributed by atoms with van der Waals surface area (Å²) >= 11 is 0. The molecular formula is C25H34N2O3S. The number of hydrogen-bond donors (Lipinski definition) is 0. The van der Waals surface area contributed by atoms with Gasteiger partial charge in [0.1, 0.15) is 0 Å². The van der Waals surface area contributed by atoms with Crippen LogP contribution in [0.1, 0.15) is 36.0 Å². The van der Waals surface area contributed by atoms with E-state index in [-0.39, 0.29) is 6.10 Å². The van der Waals surface area contributed by atoms with E-state index in [1.54, 1.807) is 0 Å². The molecule has 0 spiro atoms. The van der Waals surface area contributed by atoms with Gasteiger partial charge in [-0.2, -0.15) is 8.42 Å². The summed E-state index contributed by atoms with van der Waals surface area (Å²) in [6.45, 7) is 5.73. The van der Waals surface area contributed by atoms with Crippen molar-refractivity contribution in [3.63, 3.8) is 0 Å². The number of nitrogens with zero attached hydrogens (tertiary/aromatic N) is 2. The van der Waals surface area contributed by atoms with E-state index in [0.717, 1.165) is 38.2 Å². The Kier molecular flexibility index (Phi) is 7.43. The number of benzene rings is 2. The summed E-state index contributed by atoms with van der Waals surface area (Å²) in [6, 6.07) is 19.7. The van der Waals surface area contributed by atoms with Crippen molar-refractivity contribution in [2.75, 3.05) is 32.4 Å². The predicted molar refractivity (Wildman–Crippen MR) is 124 cm³/mol. The van der Waals surface area contributed by atoms with E-state index in [1.165, 1.54) is 49.0 Å². The average Bonchev–Trinajstić information content (AvgIpc) is 3.15. The lowest BCUT2D eigenvalue weighted by molar-refractivity contribution is 0.177. The first kappa shape index (κ1) is 22.5. The van der Waals surface area contributed by atoms with Crippen LogP contribution in [0.5, 0.6) is 0 Å². The fourth-order valence-corrected chi connectivity index (χ4v) is 5.56. The highest BCUT2D eigenvalue weighted by Gasteiger charge is 2.26. The summed E-state index contributed by atoms with van der Waals surface area (Å²) in [6.07, 6.45) is 5.42. The molecule has 2 aromatic rings. The maximum atomic E-state index is 11.4. The van der Waals surface area contributed by atoms with Crippen molar-refractivity contribution in [2.45, 2.75) is 44.9 Å². The van der Waals surface area contributed by atoms with E-state index in [9.17, 15) is 8.42 Å². The van der Waals surface area contributed by atoms with Gasteiger partial charge < -0.3 is 0 Å². The zero-order valence-corrected chi connectivity index (χ0v) is 19.3. The van der Waals surface area contributed by atoms with Crippen LogP contribution in [0.15, 0.2) is 54.6 Å². The molecule has 2 saturated heterocycles. The standard InChI is InChI=1S/C25H34N2O3S/c1-31(28,29)30-25-12-15-27(20-25)19-24-9-5-8-23(17-24)18-26-13-10-22(11-14-26)16-21-6-3-2-4-7-21/h2-9,17,22,25H,10-16,18-20H2,1H3. The van der Waals surface area contributed by atoms with E-state index >= 15 is 0 Å². The van der Waals surface area contributed by atoms with Crippen LogP contribution in [0.4, 0.5) is 0 Å². The minimum absolute atomic E-state index is 0.213. The Balaban J connectivity index is 1.24. The Morgan fingerprint density at radius 3 is 2.13 bits per heavy atom. The number of rotatable bonds is 8. The number of hydrogen-bond acceptors (Lipinski definition) is 5. The van der Waals surface area contributed by atoms with E-state index in [1.807, 2.05) is 0 Å². The summed E-state index contributed by atoms with van der Waals surface area (Å²) < 4.78 is 27.9. The van der Waals surface area contributed by atoms with Gasteiger partial charge in [0.15, 0.2) is 0 Å². The van der Waals surface area contributed by atoms with Crippen LogP contribution in [-0.4, -0.2) is 56.8 Å². The van der Waals surface area contributed by atoms with Gasteiger partial charge in [-0.15, -0.1) is 0 Å². The normalized spacial score (nSPS) is 21.5. The lowest BCUT2D eigenvalue weighted by atomic mass is 9.90.